The first kappa shape index (κ1) is 18.0. The molecule has 1 heterocycles. The lowest BCUT2D eigenvalue weighted by atomic mass is 10.2. The molecule has 5 heteroatoms. The Morgan fingerprint density at radius 2 is 1.88 bits per heavy atom. The van der Waals surface area contributed by atoms with Crippen LogP contribution in [0.3, 0.4) is 0 Å². The largest absolute Gasteiger partial charge is 0.338 e. The zero-order chi connectivity index (χ0) is 18.4. The zero-order valence-corrected chi connectivity index (χ0v) is 15.1. The third-order valence-electron chi connectivity index (χ3n) is 4.61. The molecular formula is C21H25N3O2. The number of carbonyl (C=O) groups excluding carboxylic acids is 2. The Balaban J connectivity index is 1.62. The Morgan fingerprint density at radius 3 is 2.58 bits per heavy atom. The number of anilines is 1. The van der Waals surface area contributed by atoms with Crippen LogP contribution in [0.1, 0.15) is 30.9 Å². The maximum absolute atomic E-state index is 12.6. The molecule has 2 aromatic carbocycles. The number of urea groups is 1. The molecule has 1 fully saturated rings. The van der Waals surface area contributed by atoms with E-state index in [1.807, 2.05) is 66.4 Å². The quantitative estimate of drug-likeness (QED) is 0.859. The lowest BCUT2D eigenvalue weighted by Crippen LogP contribution is -2.34. The van der Waals surface area contributed by atoms with Crippen LogP contribution in [-0.4, -0.2) is 34.8 Å². The highest BCUT2D eigenvalue weighted by atomic mass is 16.2. The molecule has 0 aromatic heterocycles. The highest BCUT2D eigenvalue weighted by molar-refractivity contribution is 5.89. The van der Waals surface area contributed by atoms with Gasteiger partial charge in [-0.25, -0.2) is 4.79 Å². The van der Waals surface area contributed by atoms with Crippen molar-refractivity contribution in [1.82, 2.24) is 9.80 Å². The zero-order valence-electron chi connectivity index (χ0n) is 15.1. The van der Waals surface area contributed by atoms with E-state index < -0.39 is 0 Å². The first-order valence-corrected chi connectivity index (χ1v) is 9.12. The molecule has 0 unspecified atom stereocenters. The molecule has 26 heavy (non-hydrogen) atoms. The van der Waals surface area contributed by atoms with Gasteiger partial charge in [0.15, 0.2) is 0 Å². The van der Waals surface area contributed by atoms with E-state index in [-0.39, 0.29) is 11.9 Å². The molecule has 3 amide bonds. The molecule has 0 bridgehead atoms. The number of rotatable bonds is 6. The van der Waals surface area contributed by atoms with Crippen LogP contribution in [0.25, 0.3) is 0 Å². The SMILES string of the molecule is CCN(Cc1ccccc1)C(=O)Nc1cccc(CN2CCCC2=O)c1. The van der Waals surface area contributed by atoms with Gasteiger partial charge in [0.25, 0.3) is 0 Å². The molecule has 0 radical (unpaired) electrons. The molecule has 0 atom stereocenters. The third-order valence-corrected chi connectivity index (χ3v) is 4.61. The molecule has 1 N–H and O–H groups in total. The summed E-state index contributed by atoms with van der Waals surface area (Å²) < 4.78 is 0. The van der Waals surface area contributed by atoms with Crippen molar-refractivity contribution in [3.8, 4) is 0 Å². The smallest absolute Gasteiger partial charge is 0.322 e. The maximum atomic E-state index is 12.6. The van der Waals surface area contributed by atoms with E-state index in [9.17, 15) is 9.59 Å². The summed E-state index contributed by atoms with van der Waals surface area (Å²) in [4.78, 5) is 28.0. The molecule has 0 spiro atoms. The van der Waals surface area contributed by atoms with Crippen LogP contribution >= 0.6 is 0 Å². The second kappa shape index (κ2) is 8.52. The van der Waals surface area contributed by atoms with Gasteiger partial charge in [-0.2, -0.15) is 0 Å². The number of nitrogens with one attached hydrogen (secondary N) is 1. The first-order chi connectivity index (χ1) is 12.7. The fraction of sp³-hybridized carbons (Fsp3) is 0.333. The molecule has 3 rings (SSSR count). The van der Waals surface area contributed by atoms with Gasteiger partial charge in [0.2, 0.25) is 5.91 Å². The van der Waals surface area contributed by atoms with Gasteiger partial charge in [-0.15, -0.1) is 0 Å². The van der Waals surface area contributed by atoms with Crippen molar-refractivity contribution < 1.29 is 9.59 Å². The lowest BCUT2D eigenvalue weighted by Gasteiger charge is -2.22. The minimum Gasteiger partial charge on any atom is -0.338 e. The minimum atomic E-state index is -0.120. The molecular weight excluding hydrogens is 326 g/mol. The molecule has 1 saturated heterocycles. The highest BCUT2D eigenvalue weighted by Gasteiger charge is 2.20. The Hall–Kier alpha value is -2.82. The van der Waals surface area contributed by atoms with Gasteiger partial charge in [-0.1, -0.05) is 42.5 Å². The normalized spacial score (nSPS) is 13.7. The fourth-order valence-corrected chi connectivity index (χ4v) is 3.17. The van der Waals surface area contributed by atoms with Crippen molar-refractivity contribution in [3.05, 3.63) is 65.7 Å². The molecule has 136 valence electrons. The van der Waals surface area contributed by atoms with Crippen molar-refractivity contribution in [2.75, 3.05) is 18.4 Å². The summed E-state index contributed by atoms with van der Waals surface area (Å²) in [5.41, 5.74) is 2.89. The summed E-state index contributed by atoms with van der Waals surface area (Å²) in [6, 6.07) is 17.6. The van der Waals surface area contributed by atoms with E-state index in [4.69, 9.17) is 0 Å². The van der Waals surface area contributed by atoms with Crippen LogP contribution in [0.2, 0.25) is 0 Å². The number of amides is 3. The number of likely N-dealkylation sites (tertiary alicyclic amines) is 1. The van der Waals surface area contributed by atoms with Crippen LogP contribution in [-0.2, 0) is 17.9 Å². The maximum Gasteiger partial charge on any atom is 0.322 e. The summed E-state index contributed by atoms with van der Waals surface area (Å²) >= 11 is 0. The second-order valence-corrected chi connectivity index (χ2v) is 6.55. The standard InChI is InChI=1S/C21H25N3O2/c1-2-23(15-17-8-4-3-5-9-17)21(26)22-19-11-6-10-18(14-19)16-24-13-7-12-20(24)25/h3-6,8-11,14H,2,7,12-13,15-16H2,1H3,(H,22,26). The topological polar surface area (TPSA) is 52.7 Å². The van der Waals surface area contributed by atoms with E-state index in [2.05, 4.69) is 5.32 Å². The number of benzene rings is 2. The predicted octanol–water partition coefficient (Wildman–Crippen LogP) is 3.86. The highest BCUT2D eigenvalue weighted by Crippen LogP contribution is 2.17. The van der Waals surface area contributed by atoms with Gasteiger partial charge >= 0.3 is 6.03 Å². The van der Waals surface area contributed by atoms with Crippen LogP contribution in [0.4, 0.5) is 10.5 Å². The van der Waals surface area contributed by atoms with Crippen molar-refractivity contribution in [1.29, 1.82) is 0 Å². The van der Waals surface area contributed by atoms with Gasteiger partial charge in [-0.3, -0.25) is 4.79 Å². The third kappa shape index (κ3) is 4.63. The van der Waals surface area contributed by atoms with E-state index >= 15 is 0 Å². The van der Waals surface area contributed by atoms with E-state index in [0.29, 0.717) is 26.1 Å². The van der Waals surface area contributed by atoms with Crippen LogP contribution in [0, 0.1) is 0 Å². The number of hydrogen-bond acceptors (Lipinski definition) is 2. The Bertz CT molecular complexity index is 761. The number of carbonyl (C=O) groups is 2. The van der Waals surface area contributed by atoms with Crippen LogP contribution in [0.5, 0.6) is 0 Å². The van der Waals surface area contributed by atoms with Crippen molar-refractivity contribution in [2.24, 2.45) is 0 Å². The molecule has 2 aromatic rings. The lowest BCUT2D eigenvalue weighted by molar-refractivity contribution is -0.128. The van der Waals surface area contributed by atoms with Gasteiger partial charge in [-0.05, 0) is 36.6 Å². The first-order valence-electron chi connectivity index (χ1n) is 9.12. The minimum absolute atomic E-state index is 0.120. The van der Waals surface area contributed by atoms with Gasteiger partial charge in [0.1, 0.15) is 0 Å². The number of nitrogens with zero attached hydrogens (tertiary/aromatic N) is 2. The van der Waals surface area contributed by atoms with E-state index in [1.165, 1.54) is 0 Å². The van der Waals surface area contributed by atoms with Gasteiger partial charge < -0.3 is 15.1 Å². The van der Waals surface area contributed by atoms with Crippen LogP contribution < -0.4 is 5.32 Å². The Kier molecular flexibility index (Phi) is 5.89. The van der Waals surface area contributed by atoms with E-state index in [1.54, 1.807) is 4.90 Å². The average Bonchev–Trinajstić information content (AvgIpc) is 3.05. The summed E-state index contributed by atoms with van der Waals surface area (Å²) in [6.45, 7) is 4.59. The molecule has 1 aliphatic rings. The summed E-state index contributed by atoms with van der Waals surface area (Å²) in [6.07, 6.45) is 1.57. The Labute approximate surface area is 154 Å². The van der Waals surface area contributed by atoms with Crippen molar-refractivity contribution in [3.63, 3.8) is 0 Å². The molecule has 5 nitrogen and oxygen atoms in total. The summed E-state index contributed by atoms with van der Waals surface area (Å²) in [5, 5.41) is 2.97. The molecule has 0 aliphatic carbocycles. The van der Waals surface area contributed by atoms with E-state index in [0.717, 1.165) is 29.8 Å². The predicted molar refractivity (Wildman–Crippen MR) is 103 cm³/mol. The molecule has 0 saturated carbocycles. The van der Waals surface area contributed by atoms with Gasteiger partial charge in [0, 0.05) is 38.3 Å². The van der Waals surface area contributed by atoms with Crippen molar-refractivity contribution >= 4 is 17.6 Å². The fourth-order valence-electron chi connectivity index (χ4n) is 3.17. The van der Waals surface area contributed by atoms with Gasteiger partial charge in [0.05, 0.1) is 0 Å². The number of hydrogen-bond donors (Lipinski definition) is 1. The van der Waals surface area contributed by atoms with Crippen LogP contribution in [0.15, 0.2) is 54.6 Å². The van der Waals surface area contributed by atoms with Crippen molar-refractivity contribution in [2.45, 2.75) is 32.9 Å². The Morgan fingerprint density at radius 1 is 1.12 bits per heavy atom. The monoisotopic (exact) mass is 351 g/mol. The summed E-state index contributed by atoms with van der Waals surface area (Å²) in [7, 11) is 0. The second-order valence-electron chi connectivity index (χ2n) is 6.55. The average molecular weight is 351 g/mol. The summed E-state index contributed by atoms with van der Waals surface area (Å²) in [5.74, 6) is 0.208. The molecule has 1 aliphatic heterocycles.